The number of aromatic carboxylic acids is 1. The van der Waals surface area contributed by atoms with Crippen LogP contribution in [0.15, 0.2) is 18.5 Å². The van der Waals surface area contributed by atoms with Crippen molar-refractivity contribution in [2.24, 2.45) is 11.8 Å². The highest BCUT2D eigenvalue weighted by molar-refractivity contribution is 5.84. The van der Waals surface area contributed by atoms with Crippen LogP contribution in [0.3, 0.4) is 0 Å². The Balaban J connectivity index is 1.47. The van der Waals surface area contributed by atoms with E-state index in [1.165, 1.54) is 10.9 Å². The number of hydrogen-bond acceptors (Lipinski definition) is 5. The number of carbonyl (C=O) groups is 1. The second-order valence-corrected chi connectivity index (χ2v) is 6.36. The third-order valence-corrected chi connectivity index (χ3v) is 4.81. The van der Waals surface area contributed by atoms with Crippen LogP contribution in [0.5, 0.6) is 0 Å². The quantitative estimate of drug-likeness (QED) is 0.910. The van der Waals surface area contributed by atoms with Gasteiger partial charge in [-0.25, -0.2) is 18.3 Å². The van der Waals surface area contributed by atoms with Crippen LogP contribution in [-0.2, 0) is 6.54 Å². The van der Waals surface area contributed by atoms with Gasteiger partial charge < -0.3 is 10.0 Å². The molecule has 7 nitrogen and oxygen atoms in total. The average molecular weight is 335 g/mol. The standard InChI is InChI=1S/C15H15F2N5O2/c1-8-2-9(21-4-10-11(5-21)15(10,16)17)3-18-12(8)6-22-7-13(14(23)24)19-20-22/h2-3,7,10-11H,4-6H2,1H3,(H,23,24). The molecule has 1 saturated carbocycles. The van der Waals surface area contributed by atoms with E-state index in [0.29, 0.717) is 19.6 Å². The minimum absolute atomic E-state index is 0.124. The van der Waals surface area contributed by atoms with E-state index < -0.39 is 23.7 Å². The molecule has 1 aliphatic carbocycles. The lowest BCUT2D eigenvalue weighted by molar-refractivity contribution is 0.0689. The molecule has 24 heavy (non-hydrogen) atoms. The molecular formula is C15H15F2N5O2. The summed E-state index contributed by atoms with van der Waals surface area (Å²) in [5.41, 5.74) is 2.34. The van der Waals surface area contributed by atoms with Crippen LogP contribution in [0.4, 0.5) is 14.5 Å². The van der Waals surface area contributed by atoms with E-state index in [1.807, 2.05) is 17.9 Å². The number of aryl methyl sites for hydroxylation is 1. The molecule has 1 N–H and O–H groups in total. The largest absolute Gasteiger partial charge is 0.476 e. The van der Waals surface area contributed by atoms with Crippen LogP contribution in [-0.4, -0.2) is 50.1 Å². The summed E-state index contributed by atoms with van der Waals surface area (Å²) in [5.74, 6) is -4.68. The van der Waals surface area contributed by atoms with Crippen LogP contribution < -0.4 is 4.90 Å². The summed E-state index contributed by atoms with van der Waals surface area (Å²) in [7, 11) is 0. The van der Waals surface area contributed by atoms with E-state index in [1.54, 1.807) is 6.20 Å². The van der Waals surface area contributed by atoms with Crippen molar-refractivity contribution in [3.05, 3.63) is 35.4 Å². The van der Waals surface area contributed by atoms with Gasteiger partial charge in [0.25, 0.3) is 5.92 Å². The molecular weight excluding hydrogens is 320 g/mol. The van der Waals surface area contributed by atoms with Gasteiger partial charge in [-0.15, -0.1) is 5.10 Å². The highest BCUT2D eigenvalue weighted by atomic mass is 19.3. The van der Waals surface area contributed by atoms with Gasteiger partial charge in [0.15, 0.2) is 5.69 Å². The monoisotopic (exact) mass is 335 g/mol. The molecule has 3 heterocycles. The van der Waals surface area contributed by atoms with E-state index in [0.717, 1.165) is 16.9 Å². The van der Waals surface area contributed by atoms with Gasteiger partial charge in [-0.1, -0.05) is 5.21 Å². The van der Waals surface area contributed by atoms with Gasteiger partial charge >= 0.3 is 5.97 Å². The van der Waals surface area contributed by atoms with Gasteiger partial charge in [0.05, 0.1) is 42.2 Å². The molecule has 0 radical (unpaired) electrons. The van der Waals surface area contributed by atoms with Crippen LogP contribution in [0.25, 0.3) is 0 Å². The minimum Gasteiger partial charge on any atom is -0.476 e. The zero-order valence-electron chi connectivity index (χ0n) is 12.9. The third kappa shape index (κ3) is 2.31. The zero-order valence-corrected chi connectivity index (χ0v) is 12.9. The number of rotatable bonds is 4. The van der Waals surface area contributed by atoms with E-state index in [4.69, 9.17) is 5.11 Å². The van der Waals surface area contributed by atoms with E-state index >= 15 is 0 Å². The van der Waals surface area contributed by atoms with Gasteiger partial charge in [-0.05, 0) is 18.6 Å². The van der Waals surface area contributed by atoms with Crippen molar-refractivity contribution in [2.45, 2.75) is 19.4 Å². The number of anilines is 1. The molecule has 4 rings (SSSR count). The van der Waals surface area contributed by atoms with Gasteiger partial charge in [0.2, 0.25) is 0 Å². The molecule has 2 unspecified atom stereocenters. The number of carboxylic acids is 1. The molecule has 2 atom stereocenters. The van der Waals surface area contributed by atoms with Gasteiger partial charge in [0.1, 0.15) is 0 Å². The summed E-state index contributed by atoms with van der Waals surface area (Å²) in [4.78, 5) is 17.1. The molecule has 2 aromatic rings. The molecule has 2 aromatic heterocycles. The van der Waals surface area contributed by atoms with Gasteiger partial charge in [-0.2, -0.15) is 0 Å². The van der Waals surface area contributed by atoms with Crippen LogP contribution in [0.2, 0.25) is 0 Å². The number of nitrogens with zero attached hydrogens (tertiary/aromatic N) is 5. The fraction of sp³-hybridized carbons (Fsp3) is 0.467. The third-order valence-electron chi connectivity index (χ3n) is 4.81. The molecule has 2 aliphatic rings. The van der Waals surface area contributed by atoms with Gasteiger partial charge in [0, 0.05) is 13.1 Å². The summed E-state index contributed by atoms with van der Waals surface area (Å²) in [5, 5.41) is 16.2. The first kappa shape index (κ1) is 15.0. The Bertz CT molecular complexity index is 808. The first-order chi connectivity index (χ1) is 11.4. The fourth-order valence-corrected chi connectivity index (χ4v) is 3.27. The van der Waals surface area contributed by atoms with Crippen LogP contribution >= 0.6 is 0 Å². The topological polar surface area (TPSA) is 84.1 Å². The Morgan fingerprint density at radius 2 is 2.12 bits per heavy atom. The Labute approximate surface area is 135 Å². The minimum atomic E-state index is -2.49. The Kier molecular flexibility index (Phi) is 3.09. The van der Waals surface area contributed by atoms with Crippen molar-refractivity contribution in [3.8, 4) is 0 Å². The Morgan fingerprint density at radius 3 is 2.71 bits per heavy atom. The van der Waals surface area contributed by atoms with Crippen molar-refractivity contribution in [3.63, 3.8) is 0 Å². The summed E-state index contributed by atoms with van der Waals surface area (Å²) in [6.45, 7) is 2.91. The predicted molar refractivity (Wildman–Crippen MR) is 79.2 cm³/mol. The molecule has 0 bridgehead atoms. The molecule has 0 aromatic carbocycles. The van der Waals surface area contributed by atoms with Crippen molar-refractivity contribution in [1.82, 2.24) is 20.0 Å². The number of piperidine rings is 1. The Hall–Kier alpha value is -2.58. The first-order valence-corrected chi connectivity index (χ1v) is 7.58. The molecule has 1 aliphatic heterocycles. The number of halogens is 2. The molecule has 1 saturated heterocycles. The maximum absolute atomic E-state index is 13.3. The highest BCUT2D eigenvalue weighted by Crippen LogP contribution is 2.59. The Morgan fingerprint density at radius 1 is 1.42 bits per heavy atom. The number of fused-ring (bicyclic) bond motifs is 1. The summed E-state index contributed by atoms with van der Waals surface area (Å²) < 4.78 is 28.0. The van der Waals surface area contributed by atoms with Crippen LogP contribution in [0, 0.1) is 18.8 Å². The summed E-state index contributed by atoms with van der Waals surface area (Å²) in [6, 6.07) is 1.92. The van der Waals surface area contributed by atoms with Crippen molar-refractivity contribution >= 4 is 11.7 Å². The molecule has 0 amide bonds. The van der Waals surface area contributed by atoms with E-state index in [-0.39, 0.29) is 5.69 Å². The number of hydrogen-bond donors (Lipinski definition) is 1. The van der Waals surface area contributed by atoms with Crippen molar-refractivity contribution < 1.29 is 18.7 Å². The smallest absolute Gasteiger partial charge is 0.358 e. The lowest BCUT2D eigenvalue weighted by Gasteiger charge is -2.22. The maximum Gasteiger partial charge on any atom is 0.358 e. The van der Waals surface area contributed by atoms with E-state index in [2.05, 4.69) is 15.3 Å². The lowest BCUT2D eigenvalue weighted by atomic mass is 10.2. The van der Waals surface area contributed by atoms with Crippen LogP contribution in [0.1, 0.15) is 21.7 Å². The van der Waals surface area contributed by atoms with Crippen molar-refractivity contribution in [1.29, 1.82) is 0 Å². The fourth-order valence-electron chi connectivity index (χ4n) is 3.27. The second kappa shape index (κ2) is 4.96. The summed E-state index contributed by atoms with van der Waals surface area (Å²) >= 11 is 0. The number of aromatic nitrogens is 4. The lowest BCUT2D eigenvalue weighted by Crippen LogP contribution is -2.27. The summed E-state index contributed by atoms with van der Waals surface area (Å²) in [6.07, 6.45) is 3.01. The number of alkyl halides is 2. The normalized spacial score (nSPS) is 24.0. The molecule has 9 heteroatoms. The molecule has 126 valence electrons. The maximum atomic E-state index is 13.3. The molecule has 0 spiro atoms. The zero-order chi connectivity index (χ0) is 17.1. The predicted octanol–water partition coefficient (Wildman–Crippen LogP) is 1.43. The van der Waals surface area contributed by atoms with Crippen molar-refractivity contribution in [2.75, 3.05) is 18.0 Å². The first-order valence-electron chi connectivity index (χ1n) is 7.58. The number of carboxylic acid groups (broad SMARTS) is 1. The number of pyridine rings is 1. The van der Waals surface area contributed by atoms with Gasteiger partial charge in [-0.3, -0.25) is 4.98 Å². The highest BCUT2D eigenvalue weighted by Gasteiger charge is 2.71. The second-order valence-electron chi connectivity index (χ2n) is 6.36. The average Bonchev–Trinajstić information content (AvgIpc) is 3.00. The SMILES string of the molecule is Cc1cc(N2CC3C(C2)C3(F)F)cnc1Cn1cc(C(=O)O)nn1. The van der Waals surface area contributed by atoms with E-state index in [9.17, 15) is 13.6 Å². The molecule has 2 fully saturated rings.